The first-order chi connectivity index (χ1) is 9.70. The van der Waals surface area contributed by atoms with E-state index in [1.54, 1.807) is 16.2 Å². The van der Waals surface area contributed by atoms with Gasteiger partial charge in [-0.25, -0.2) is 0 Å². The average molecular weight is 312 g/mol. The number of carbonyl (C=O) groups excluding carboxylic acids is 2. The third-order valence-electron chi connectivity index (χ3n) is 3.36. The summed E-state index contributed by atoms with van der Waals surface area (Å²) in [5.41, 5.74) is 1.34. The maximum Gasteiger partial charge on any atom is 0.225 e. The number of thiophene rings is 1. The highest BCUT2D eigenvalue weighted by Gasteiger charge is 2.32. The summed E-state index contributed by atoms with van der Waals surface area (Å²) in [5, 5.41) is 7.16. The van der Waals surface area contributed by atoms with E-state index in [4.69, 9.17) is 0 Å². The molecule has 1 N–H and O–H groups in total. The number of amides is 2. The van der Waals surface area contributed by atoms with E-state index in [0.29, 0.717) is 26.1 Å². The molecule has 0 radical (unpaired) electrons. The van der Waals surface area contributed by atoms with E-state index in [-0.39, 0.29) is 17.7 Å². The molecule has 1 atom stereocenters. The molecule has 2 amide bonds. The fourth-order valence-electron chi connectivity index (χ4n) is 2.21. The summed E-state index contributed by atoms with van der Waals surface area (Å²) >= 11 is 3.52. The molecule has 20 heavy (non-hydrogen) atoms. The van der Waals surface area contributed by atoms with E-state index in [2.05, 4.69) is 22.1 Å². The Balaban J connectivity index is 1.60. The SMILES string of the molecule is CCN1CC(C(=O)NCCSCc2ccsc2)CC1=O. The molecule has 1 unspecified atom stereocenters. The number of likely N-dealkylation sites (tertiary alicyclic amines) is 1. The predicted molar refractivity (Wildman–Crippen MR) is 83.9 cm³/mol. The molecule has 0 aliphatic carbocycles. The first-order valence-corrected chi connectivity index (χ1v) is 8.94. The number of carbonyl (C=O) groups is 2. The summed E-state index contributed by atoms with van der Waals surface area (Å²) in [4.78, 5) is 25.3. The van der Waals surface area contributed by atoms with Crippen LogP contribution in [0.1, 0.15) is 18.9 Å². The van der Waals surface area contributed by atoms with Gasteiger partial charge in [-0.1, -0.05) is 0 Å². The van der Waals surface area contributed by atoms with Gasteiger partial charge in [-0.15, -0.1) is 0 Å². The van der Waals surface area contributed by atoms with Crippen LogP contribution in [0.25, 0.3) is 0 Å². The Morgan fingerprint density at radius 3 is 3.10 bits per heavy atom. The minimum atomic E-state index is -0.163. The van der Waals surface area contributed by atoms with E-state index in [1.807, 2.05) is 18.7 Å². The lowest BCUT2D eigenvalue weighted by molar-refractivity contribution is -0.128. The molecule has 1 saturated heterocycles. The maximum absolute atomic E-state index is 11.9. The van der Waals surface area contributed by atoms with Gasteiger partial charge in [-0.05, 0) is 29.3 Å². The lowest BCUT2D eigenvalue weighted by Gasteiger charge is -2.13. The highest BCUT2D eigenvalue weighted by atomic mass is 32.2. The minimum Gasteiger partial charge on any atom is -0.355 e. The number of nitrogens with zero attached hydrogens (tertiary/aromatic N) is 1. The predicted octanol–water partition coefficient (Wildman–Crippen LogP) is 1.97. The summed E-state index contributed by atoms with van der Waals surface area (Å²) in [6.07, 6.45) is 0.363. The summed E-state index contributed by atoms with van der Waals surface area (Å²) in [5.74, 6) is 1.85. The Hall–Kier alpha value is -1.01. The van der Waals surface area contributed by atoms with Crippen molar-refractivity contribution in [2.24, 2.45) is 5.92 Å². The quantitative estimate of drug-likeness (QED) is 0.783. The zero-order valence-electron chi connectivity index (χ0n) is 11.6. The molecule has 0 saturated carbocycles. The molecule has 1 fully saturated rings. The molecule has 1 aromatic heterocycles. The normalized spacial score (nSPS) is 18.6. The van der Waals surface area contributed by atoms with Crippen LogP contribution in [0.5, 0.6) is 0 Å². The van der Waals surface area contributed by atoms with Crippen molar-refractivity contribution >= 4 is 34.9 Å². The summed E-state index contributed by atoms with van der Waals surface area (Å²) in [7, 11) is 0. The second kappa shape index (κ2) is 7.69. The van der Waals surface area contributed by atoms with Gasteiger partial charge in [0.1, 0.15) is 0 Å². The Morgan fingerprint density at radius 2 is 2.45 bits per heavy atom. The molecule has 2 rings (SSSR count). The van der Waals surface area contributed by atoms with Crippen molar-refractivity contribution in [2.45, 2.75) is 19.1 Å². The van der Waals surface area contributed by atoms with Crippen LogP contribution >= 0.6 is 23.1 Å². The van der Waals surface area contributed by atoms with Gasteiger partial charge in [0.05, 0.1) is 5.92 Å². The van der Waals surface area contributed by atoms with Gasteiger partial charge in [0.25, 0.3) is 0 Å². The highest BCUT2D eigenvalue weighted by molar-refractivity contribution is 7.98. The van der Waals surface area contributed by atoms with Crippen molar-refractivity contribution in [2.75, 3.05) is 25.4 Å². The van der Waals surface area contributed by atoms with Crippen LogP contribution in [-0.2, 0) is 15.3 Å². The molecule has 0 bridgehead atoms. The standard InChI is InChI=1S/C14H20N2O2S2/c1-2-16-8-12(7-13(16)17)14(18)15-4-6-20-10-11-3-5-19-9-11/h3,5,9,12H,2,4,6-8,10H2,1H3,(H,15,18). The van der Waals surface area contributed by atoms with Crippen molar-refractivity contribution in [1.29, 1.82) is 0 Å². The molecule has 1 aromatic rings. The smallest absolute Gasteiger partial charge is 0.225 e. The Labute approximate surface area is 127 Å². The van der Waals surface area contributed by atoms with E-state index >= 15 is 0 Å². The van der Waals surface area contributed by atoms with Crippen LogP contribution in [0.2, 0.25) is 0 Å². The monoisotopic (exact) mass is 312 g/mol. The molecule has 1 aliphatic rings. The average Bonchev–Trinajstić information content (AvgIpc) is 3.07. The molecule has 2 heterocycles. The summed E-state index contributed by atoms with van der Waals surface area (Å²) < 4.78 is 0. The fourth-order valence-corrected chi connectivity index (χ4v) is 3.79. The molecule has 110 valence electrons. The second-order valence-corrected chi connectivity index (χ2v) is 6.69. The number of thioether (sulfide) groups is 1. The van der Waals surface area contributed by atoms with Crippen molar-refractivity contribution in [1.82, 2.24) is 10.2 Å². The number of nitrogens with one attached hydrogen (secondary N) is 1. The zero-order valence-corrected chi connectivity index (χ0v) is 13.3. The number of hydrogen-bond acceptors (Lipinski definition) is 4. The summed E-state index contributed by atoms with van der Waals surface area (Å²) in [6.45, 7) is 3.88. The van der Waals surface area contributed by atoms with Gasteiger partial charge < -0.3 is 10.2 Å². The Morgan fingerprint density at radius 1 is 1.60 bits per heavy atom. The van der Waals surface area contributed by atoms with E-state index in [9.17, 15) is 9.59 Å². The zero-order chi connectivity index (χ0) is 14.4. The van der Waals surface area contributed by atoms with Crippen LogP contribution in [0.3, 0.4) is 0 Å². The van der Waals surface area contributed by atoms with Gasteiger partial charge >= 0.3 is 0 Å². The first-order valence-electron chi connectivity index (χ1n) is 6.85. The van der Waals surface area contributed by atoms with Gasteiger partial charge in [0.15, 0.2) is 0 Å². The van der Waals surface area contributed by atoms with E-state index in [0.717, 1.165) is 11.5 Å². The maximum atomic E-state index is 11.9. The first kappa shape index (κ1) is 15.4. The van der Waals surface area contributed by atoms with Gasteiger partial charge in [0, 0.05) is 37.6 Å². The number of rotatable bonds is 7. The molecule has 6 heteroatoms. The molecule has 0 aromatic carbocycles. The highest BCUT2D eigenvalue weighted by Crippen LogP contribution is 2.17. The van der Waals surface area contributed by atoms with Gasteiger partial charge in [-0.2, -0.15) is 23.1 Å². The lowest BCUT2D eigenvalue weighted by atomic mass is 10.1. The van der Waals surface area contributed by atoms with Crippen molar-refractivity contribution in [3.8, 4) is 0 Å². The van der Waals surface area contributed by atoms with Gasteiger partial charge in [-0.3, -0.25) is 9.59 Å². The minimum absolute atomic E-state index is 0.0189. The second-order valence-electron chi connectivity index (χ2n) is 4.81. The van der Waals surface area contributed by atoms with Crippen LogP contribution in [0.15, 0.2) is 16.8 Å². The van der Waals surface area contributed by atoms with Crippen molar-refractivity contribution in [3.63, 3.8) is 0 Å². The van der Waals surface area contributed by atoms with Crippen LogP contribution in [-0.4, -0.2) is 42.1 Å². The van der Waals surface area contributed by atoms with E-state index in [1.165, 1.54) is 5.56 Å². The van der Waals surface area contributed by atoms with Crippen molar-refractivity contribution < 1.29 is 9.59 Å². The fraction of sp³-hybridized carbons (Fsp3) is 0.571. The Bertz CT molecular complexity index is 448. The molecular weight excluding hydrogens is 292 g/mol. The third-order valence-corrected chi connectivity index (χ3v) is 5.12. The molecular formula is C14H20N2O2S2. The topological polar surface area (TPSA) is 49.4 Å². The molecule has 1 aliphatic heterocycles. The lowest BCUT2D eigenvalue weighted by Crippen LogP contribution is -2.34. The molecule has 0 spiro atoms. The van der Waals surface area contributed by atoms with Crippen LogP contribution in [0, 0.1) is 5.92 Å². The van der Waals surface area contributed by atoms with E-state index < -0.39 is 0 Å². The number of hydrogen-bond donors (Lipinski definition) is 1. The summed E-state index contributed by atoms with van der Waals surface area (Å²) in [6, 6.07) is 2.12. The Kier molecular flexibility index (Phi) is 5.91. The third kappa shape index (κ3) is 4.24. The van der Waals surface area contributed by atoms with Crippen LogP contribution < -0.4 is 5.32 Å². The largest absolute Gasteiger partial charge is 0.355 e. The van der Waals surface area contributed by atoms with Crippen LogP contribution in [0.4, 0.5) is 0 Å². The molecule has 4 nitrogen and oxygen atoms in total. The van der Waals surface area contributed by atoms with Gasteiger partial charge in [0.2, 0.25) is 11.8 Å². The van der Waals surface area contributed by atoms with Crippen molar-refractivity contribution in [3.05, 3.63) is 22.4 Å².